The van der Waals surface area contributed by atoms with E-state index in [9.17, 15) is 18.3 Å². The van der Waals surface area contributed by atoms with Crippen molar-refractivity contribution in [2.75, 3.05) is 0 Å². The van der Waals surface area contributed by atoms with Crippen molar-refractivity contribution in [2.45, 2.75) is 26.3 Å². The van der Waals surface area contributed by atoms with Gasteiger partial charge in [-0.25, -0.2) is 8.42 Å². The summed E-state index contributed by atoms with van der Waals surface area (Å²) in [5, 5.41) is 10.2. The van der Waals surface area contributed by atoms with Crippen LogP contribution in [0.4, 0.5) is 0 Å². The number of hydrogen-bond acceptors (Lipinski definition) is 4. The minimum absolute atomic E-state index is 0.0173. The van der Waals surface area contributed by atoms with Crippen LogP contribution in [0.2, 0.25) is 0 Å². The molecule has 0 saturated heterocycles. The molecule has 23 heavy (non-hydrogen) atoms. The summed E-state index contributed by atoms with van der Waals surface area (Å²) in [4.78, 5) is 15.7. The van der Waals surface area contributed by atoms with Crippen LogP contribution in [0.5, 0.6) is 0 Å². The predicted octanol–water partition coefficient (Wildman–Crippen LogP) is 2.07. The second kappa shape index (κ2) is 6.89. The molecule has 0 fully saturated rings. The highest BCUT2D eigenvalue weighted by molar-refractivity contribution is 7.93. The third kappa shape index (κ3) is 4.14. The molecule has 2 aromatic rings. The van der Waals surface area contributed by atoms with Crippen LogP contribution in [0.15, 0.2) is 47.5 Å². The highest BCUT2D eigenvalue weighted by Crippen LogP contribution is 2.15. The summed E-state index contributed by atoms with van der Waals surface area (Å²) in [5.41, 5.74) is 1.45. The van der Waals surface area contributed by atoms with Gasteiger partial charge >= 0.3 is 5.97 Å². The molecule has 1 aromatic heterocycles. The number of aromatic nitrogens is 1. The van der Waals surface area contributed by atoms with Gasteiger partial charge in [0.25, 0.3) is 0 Å². The van der Waals surface area contributed by atoms with Gasteiger partial charge in [-0.2, -0.15) is 4.72 Å². The third-order valence-electron chi connectivity index (χ3n) is 3.51. The van der Waals surface area contributed by atoms with Crippen LogP contribution in [0, 0.1) is 0 Å². The molecule has 2 N–H and O–H groups in total. The van der Waals surface area contributed by atoms with Crippen LogP contribution in [-0.2, 0) is 21.2 Å². The summed E-state index contributed by atoms with van der Waals surface area (Å²) in [5.74, 6) is -1.23. The number of nitrogens with one attached hydrogen (secondary N) is 1. The van der Waals surface area contributed by atoms with Crippen molar-refractivity contribution in [3.63, 3.8) is 0 Å². The molecule has 7 heteroatoms. The van der Waals surface area contributed by atoms with Gasteiger partial charge in [0.2, 0.25) is 10.0 Å². The maximum Gasteiger partial charge on any atom is 0.322 e. The Kier molecular flexibility index (Phi) is 5.12. The van der Waals surface area contributed by atoms with Crippen LogP contribution in [0.1, 0.15) is 19.4 Å². The van der Waals surface area contributed by atoms with E-state index in [1.807, 2.05) is 30.3 Å². The van der Waals surface area contributed by atoms with Crippen LogP contribution in [0.3, 0.4) is 0 Å². The zero-order chi connectivity index (χ0) is 17.0. The molecule has 122 valence electrons. The van der Waals surface area contributed by atoms with Crippen molar-refractivity contribution in [1.29, 1.82) is 0 Å². The molecule has 0 spiro atoms. The lowest BCUT2D eigenvalue weighted by atomic mass is 10.1. The van der Waals surface area contributed by atoms with E-state index in [-0.39, 0.29) is 11.3 Å². The standard InChI is InChI=1S/C16H18N2O4S/c1-3-11(2)23(21,22)18-15(16(19)20)9-12-8-13-6-4-5-7-14(13)17-10-12/h3-8,10,15,18H,9H2,1-2H3,(H,19,20). The van der Waals surface area contributed by atoms with E-state index in [0.717, 1.165) is 10.9 Å². The van der Waals surface area contributed by atoms with Gasteiger partial charge in [-0.05, 0) is 31.5 Å². The summed E-state index contributed by atoms with van der Waals surface area (Å²) in [6, 6.07) is 8.01. The fraction of sp³-hybridized carbons (Fsp3) is 0.250. The molecular formula is C16H18N2O4S. The SMILES string of the molecule is CC=C(C)S(=O)(=O)NC(Cc1cnc2ccccc2c1)C(=O)O. The number of carbonyl (C=O) groups is 1. The molecule has 0 saturated carbocycles. The summed E-state index contributed by atoms with van der Waals surface area (Å²) in [7, 11) is -3.81. The maximum absolute atomic E-state index is 12.0. The fourth-order valence-electron chi connectivity index (χ4n) is 2.08. The monoisotopic (exact) mass is 334 g/mol. The average molecular weight is 334 g/mol. The van der Waals surface area contributed by atoms with E-state index in [1.54, 1.807) is 13.1 Å². The molecular weight excluding hydrogens is 316 g/mol. The van der Waals surface area contributed by atoms with E-state index >= 15 is 0 Å². The Balaban J connectivity index is 2.26. The first kappa shape index (κ1) is 17.1. The number of sulfonamides is 1. The molecule has 0 radical (unpaired) electrons. The van der Waals surface area contributed by atoms with Gasteiger partial charge in [0.05, 0.1) is 10.4 Å². The molecule has 1 unspecified atom stereocenters. The number of hydrogen-bond donors (Lipinski definition) is 2. The zero-order valence-electron chi connectivity index (χ0n) is 12.9. The molecule has 6 nitrogen and oxygen atoms in total. The second-order valence-corrected chi connectivity index (χ2v) is 7.04. The molecule has 0 aliphatic carbocycles. The Morgan fingerprint density at radius 1 is 1.39 bits per heavy atom. The van der Waals surface area contributed by atoms with Crippen molar-refractivity contribution in [3.8, 4) is 0 Å². The van der Waals surface area contributed by atoms with E-state index in [4.69, 9.17) is 0 Å². The topological polar surface area (TPSA) is 96.4 Å². The average Bonchev–Trinajstić information content (AvgIpc) is 2.53. The van der Waals surface area contributed by atoms with Gasteiger partial charge in [0, 0.05) is 18.0 Å². The van der Waals surface area contributed by atoms with Crippen molar-refractivity contribution in [1.82, 2.24) is 9.71 Å². The predicted molar refractivity (Wildman–Crippen MR) is 88.4 cm³/mol. The lowest BCUT2D eigenvalue weighted by molar-refractivity contribution is -0.138. The number of benzene rings is 1. The van der Waals surface area contributed by atoms with E-state index < -0.39 is 22.0 Å². The highest BCUT2D eigenvalue weighted by atomic mass is 32.2. The first-order chi connectivity index (χ1) is 10.8. The van der Waals surface area contributed by atoms with Gasteiger partial charge in [-0.15, -0.1) is 0 Å². The smallest absolute Gasteiger partial charge is 0.322 e. The zero-order valence-corrected chi connectivity index (χ0v) is 13.7. The molecule has 1 aromatic carbocycles. The molecule has 0 bridgehead atoms. The molecule has 0 amide bonds. The number of fused-ring (bicyclic) bond motifs is 1. The van der Waals surface area contributed by atoms with Crippen LogP contribution >= 0.6 is 0 Å². The molecule has 0 aliphatic heterocycles. The molecule has 1 atom stereocenters. The van der Waals surface area contributed by atoms with E-state index in [1.165, 1.54) is 13.0 Å². The first-order valence-corrected chi connectivity index (χ1v) is 8.53. The Morgan fingerprint density at radius 2 is 2.09 bits per heavy atom. The van der Waals surface area contributed by atoms with Crippen LogP contribution < -0.4 is 4.72 Å². The van der Waals surface area contributed by atoms with Crippen LogP contribution in [-0.4, -0.2) is 30.5 Å². The largest absolute Gasteiger partial charge is 0.480 e. The van der Waals surface area contributed by atoms with Gasteiger partial charge < -0.3 is 5.11 Å². The number of pyridine rings is 1. The molecule has 1 heterocycles. The van der Waals surface area contributed by atoms with Crippen molar-refractivity contribution in [2.24, 2.45) is 0 Å². The Hall–Kier alpha value is -2.25. The minimum atomic E-state index is -3.81. The summed E-state index contributed by atoms with van der Waals surface area (Å²) < 4.78 is 26.3. The summed E-state index contributed by atoms with van der Waals surface area (Å²) in [6.45, 7) is 3.00. The van der Waals surface area contributed by atoms with Crippen molar-refractivity contribution < 1.29 is 18.3 Å². The van der Waals surface area contributed by atoms with Gasteiger partial charge in [0.1, 0.15) is 6.04 Å². The second-order valence-electron chi connectivity index (χ2n) is 5.15. The quantitative estimate of drug-likeness (QED) is 0.843. The Morgan fingerprint density at radius 3 is 2.74 bits per heavy atom. The number of allylic oxidation sites excluding steroid dienone is 2. The lowest BCUT2D eigenvalue weighted by Crippen LogP contribution is -2.42. The first-order valence-electron chi connectivity index (χ1n) is 7.05. The summed E-state index contributed by atoms with van der Waals surface area (Å²) >= 11 is 0. The maximum atomic E-state index is 12.0. The number of carboxylic acid groups (broad SMARTS) is 1. The normalized spacial score (nSPS) is 13.9. The van der Waals surface area contributed by atoms with Crippen molar-refractivity contribution >= 4 is 26.9 Å². The van der Waals surface area contributed by atoms with Gasteiger partial charge in [-0.1, -0.05) is 24.3 Å². The number of carboxylic acids is 1. The number of aliphatic carboxylic acids is 1. The number of rotatable bonds is 6. The van der Waals surface area contributed by atoms with Gasteiger partial charge in [0.15, 0.2) is 0 Å². The van der Waals surface area contributed by atoms with Gasteiger partial charge in [-0.3, -0.25) is 9.78 Å². The summed E-state index contributed by atoms with van der Waals surface area (Å²) in [6.07, 6.45) is 3.00. The third-order valence-corrected chi connectivity index (χ3v) is 5.19. The molecule has 0 aliphatic rings. The number of nitrogens with zero attached hydrogens (tertiary/aromatic N) is 1. The van der Waals surface area contributed by atoms with E-state index in [0.29, 0.717) is 5.56 Å². The fourth-order valence-corrected chi connectivity index (χ4v) is 3.13. The Labute approximate surface area is 134 Å². The number of para-hydroxylation sites is 1. The lowest BCUT2D eigenvalue weighted by Gasteiger charge is -2.15. The van der Waals surface area contributed by atoms with E-state index in [2.05, 4.69) is 9.71 Å². The van der Waals surface area contributed by atoms with Crippen LogP contribution in [0.25, 0.3) is 10.9 Å². The molecule has 2 rings (SSSR count). The Bertz CT molecular complexity index is 859. The van der Waals surface area contributed by atoms with Crippen molar-refractivity contribution in [3.05, 3.63) is 53.1 Å². The minimum Gasteiger partial charge on any atom is -0.480 e. The highest BCUT2D eigenvalue weighted by Gasteiger charge is 2.25.